The molecule has 120 valence electrons. The van der Waals surface area contributed by atoms with Crippen LogP contribution in [0, 0.1) is 0 Å². The molecular formula is C16H22N2O4. The van der Waals surface area contributed by atoms with Gasteiger partial charge in [0, 0.05) is 6.54 Å². The summed E-state index contributed by atoms with van der Waals surface area (Å²) in [5, 5.41) is 8.98. The Morgan fingerprint density at radius 2 is 1.91 bits per heavy atom. The summed E-state index contributed by atoms with van der Waals surface area (Å²) < 4.78 is 5.72. The van der Waals surface area contributed by atoms with Crippen molar-refractivity contribution in [2.24, 2.45) is 0 Å². The Balaban J connectivity index is 2.13. The molecule has 0 saturated heterocycles. The van der Waals surface area contributed by atoms with E-state index in [2.05, 4.69) is 18.7 Å². The summed E-state index contributed by atoms with van der Waals surface area (Å²) >= 11 is 0. The number of benzene rings is 1. The Kier molecular flexibility index (Phi) is 5.51. The first kappa shape index (κ1) is 16.5. The maximum absolute atomic E-state index is 12.3. The van der Waals surface area contributed by atoms with Gasteiger partial charge in [-0.1, -0.05) is 19.9 Å². The number of imide groups is 1. The molecule has 0 aliphatic carbocycles. The van der Waals surface area contributed by atoms with E-state index in [9.17, 15) is 9.59 Å². The van der Waals surface area contributed by atoms with Crippen molar-refractivity contribution in [3.05, 3.63) is 29.3 Å². The predicted octanol–water partition coefficient (Wildman–Crippen LogP) is 0.996. The van der Waals surface area contributed by atoms with Crippen LogP contribution in [0.3, 0.4) is 0 Å². The van der Waals surface area contributed by atoms with Crippen LogP contribution < -0.4 is 4.74 Å². The van der Waals surface area contributed by atoms with Crippen LogP contribution in [0.5, 0.6) is 5.75 Å². The summed E-state index contributed by atoms with van der Waals surface area (Å²) in [6.07, 6.45) is 0. The lowest BCUT2D eigenvalue weighted by molar-refractivity contribution is 0.0623. The number of aliphatic hydroxyl groups excluding tert-OH is 1. The molecule has 1 heterocycles. The summed E-state index contributed by atoms with van der Waals surface area (Å²) in [5.41, 5.74) is 0.652. The van der Waals surface area contributed by atoms with E-state index in [4.69, 9.17) is 9.84 Å². The first-order valence-corrected chi connectivity index (χ1v) is 7.59. The molecule has 0 aromatic heterocycles. The number of carbonyl (C=O) groups excluding carboxylic acids is 2. The summed E-state index contributed by atoms with van der Waals surface area (Å²) in [4.78, 5) is 27.8. The Hall–Kier alpha value is -1.92. The molecule has 1 aliphatic heterocycles. The van der Waals surface area contributed by atoms with Gasteiger partial charge in [0.15, 0.2) is 0 Å². The number of carbonyl (C=O) groups is 2. The number of hydrogen-bond donors (Lipinski definition) is 1. The Morgan fingerprint density at radius 3 is 2.55 bits per heavy atom. The van der Waals surface area contributed by atoms with Gasteiger partial charge in [-0.3, -0.25) is 14.5 Å². The molecule has 6 heteroatoms. The average Bonchev–Trinajstić information content (AvgIpc) is 2.78. The molecule has 0 unspecified atom stereocenters. The number of ether oxygens (including phenoxy) is 1. The van der Waals surface area contributed by atoms with Gasteiger partial charge in [0.1, 0.15) is 12.4 Å². The van der Waals surface area contributed by atoms with Crippen LogP contribution >= 0.6 is 0 Å². The van der Waals surface area contributed by atoms with Gasteiger partial charge in [0.05, 0.1) is 24.3 Å². The molecule has 0 bridgehead atoms. The maximum atomic E-state index is 12.3. The van der Waals surface area contributed by atoms with Gasteiger partial charge < -0.3 is 14.7 Å². The number of hydrogen-bond acceptors (Lipinski definition) is 5. The zero-order valence-corrected chi connectivity index (χ0v) is 13.0. The fraction of sp³-hybridized carbons (Fsp3) is 0.500. The molecule has 0 fully saturated rings. The van der Waals surface area contributed by atoms with Gasteiger partial charge in [-0.15, -0.1) is 0 Å². The molecule has 1 N–H and O–H groups in total. The van der Waals surface area contributed by atoms with E-state index in [-0.39, 0.29) is 19.1 Å². The number of fused-ring (bicyclic) bond motifs is 1. The number of likely N-dealkylation sites (N-methyl/N-ethyl adjacent to an activating group) is 1. The minimum absolute atomic E-state index is 0.00519. The second-order valence-corrected chi connectivity index (χ2v) is 5.04. The summed E-state index contributed by atoms with van der Waals surface area (Å²) in [5.74, 6) is -0.334. The third-order valence-electron chi connectivity index (χ3n) is 3.84. The minimum Gasteiger partial charge on any atom is -0.491 e. The van der Waals surface area contributed by atoms with Gasteiger partial charge in [0.2, 0.25) is 0 Å². The van der Waals surface area contributed by atoms with Crippen LogP contribution in [0.25, 0.3) is 0 Å². The third kappa shape index (κ3) is 3.13. The Bertz CT molecular complexity index is 555. The van der Waals surface area contributed by atoms with Crippen LogP contribution in [0.1, 0.15) is 34.6 Å². The summed E-state index contributed by atoms with van der Waals surface area (Å²) in [6, 6.07) is 5.03. The van der Waals surface area contributed by atoms with Crippen molar-refractivity contribution in [2.45, 2.75) is 13.8 Å². The Morgan fingerprint density at radius 1 is 1.18 bits per heavy atom. The van der Waals surface area contributed by atoms with E-state index < -0.39 is 5.91 Å². The number of nitrogens with zero attached hydrogens (tertiary/aromatic N) is 2. The molecule has 0 spiro atoms. The van der Waals surface area contributed by atoms with Gasteiger partial charge in [-0.2, -0.15) is 0 Å². The lowest BCUT2D eigenvalue weighted by Gasteiger charge is -2.18. The van der Waals surface area contributed by atoms with E-state index in [1.165, 1.54) is 0 Å². The second-order valence-electron chi connectivity index (χ2n) is 5.04. The van der Waals surface area contributed by atoms with Crippen molar-refractivity contribution in [3.63, 3.8) is 0 Å². The quantitative estimate of drug-likeness (QED) is 0.726. The van der Waals surface area contributed by atoms with Gasteiger partial charge in [-0.05, 0) is 25.2 Å². The van der Waals surface area contributed by atoms with E-state index in [1.54, 1.807) is 18.2 Å². The highest BCUT2D eigenvalue weighted by atomic mass is 16.5. The van der Waals surface area contributed by atoms with Crippen molar-refractivity contribution in [1.82, 2.24) is 9.80 Å². The zero-order chi connectivity index (χ0) is 16.1. The highest BCUT2D eigenvalue weighted by molar-refractivity contribution is 6.22. The first-order valence-electron chi connectivity index (χ1n) is 7.59. The fourth-order valence-corrected chi connectivity index (χ4v) is 2.55. The highest BCUT2D eigenvalue weighted by Gasteiger charge is 2.37. The normalized spacial score (nSPS) is 13.9. The van der Waals surface area contributed by atoms with Crippen molar-refractivity contribution in [1.29, 1.82) is 0 Å². The number of rotatable bonds is 8. The van der Waals surface area contributed by atoms with Gasteiger partial charge in [0.25, 0.3) is 11.8 Å². The molecule has 1 aromatic carbocycles. The van der Waals surface area contributed by atoms with Crippen molar-refractivity contribution >= 4 is 11.8 Å². The van der Waals surface area contributed by atoms with Crippen LogP contribution in [0.4, 0.5) is 0 Å². The Labute approximate surface area is 130 Å². The van der Waals surface area contributed by atoms with Gasteiger partial charge >= 0.3 is 0 Å². The van der Waals surface area contributed by atoms with Crippen molar-refractivity contribution in [3.8, 4) is 5.75 Å². The zero-order valence-electron chi connectivity index (χ0n) is 13.0. The molecule has 6 nitrogen and oxygen atoms in total. The number of amides is 2. The maximum Gasteiger partial charge on any atom is 0.265 e. The number of β-amino-alcohol motifs (C(OH)–C–C–N with tert-alkyl or cyclic N) is 1. The molecule has 1 aliphatic rings. The molecule has 2 rings (SSSR count). The average molecular weight is 306 g/mol. The summed E-state index contributed by atoms with van der Waals surface area (Å²) in [6.45, 7) is 7.02. The lowest BCUT2D eigenvalue weighted by atomic mass is 10.1. The third-order valence-corrected chi connectivity index (χ3v) is 3.84. The molecule has 2 amide bonds. The molecule has 0 saturated carbocycles. The minimum atomic E-state index is -0.396. The largest absolute Gasteiger partial charge is 0.491 e. The van der Waals surface area contributed by atoms with E-state index >= 15 is 0 Å². The SMILES string of the molecule is CCN(CC)CCOc1cccc2c1C(=O)N(CCO)C2=O. The van der Waals surface area contributed by atoms with E-state index in [0.717, 1.165) is 24.5 Å². The lowest BCUT2D eigenvalue weighted by Crippen LogP contribution is -2.32. The molecule has 1 aromatic rings. The monoisotopic (exact) mass is 306 g/mol. The van der Waals surface area contributed by atoms with Crippen LogP contribution in [-0.2, 0) is 0 Å². The molecular weight excluding hydrogens is 284 g/mol. The van der Waals surface area contributed by atoms with E-state index in [0.29, 0.717) is 23.5 Å². The summed E-state index contributed by atoms with van der Waals surface area (Å²) in [7, 11) is 0. The van der Waals surface area contributed by atoms with Crippen molar-refractivity contribution < 1.29 is 19.4 Å². The topological polar surface area (TPSA) is 70.1 Å². The van der Waals surface area contributed by atoms with Crippen molar-refractivity contribution in [2.75, 3.05) is 39.4 Å². The van der Waals surface area contributed by atoms with Crippen LogP contribution in [0.15, 0.2) is 18.2 Å². The molecule has 0 radical (unpaired) electrons. The molecule has 0 atom stereocenters. The van der Waals surface area contributed by atoms with E-state index in [1.807, 2.05) is 0 Å². The standard InChI is InChI=1S/C16H22N2O4/c1-3-17(4-2)9-11-22-13-7-5-6-12-14(13)16(21)18(8-10-19)15(12)20/h5-7,19H,3-4,8-11H2,1-2H3. The highest BCUT2D eigenvalue weighted by Crippen LogP contribution is 2.30. The van der Waals surface area contributed by atoms with Gasteiger partial charge in [-0.25, -0.2) is 0 Å². The first-order chi connectivity index (χ1) is 10.6. The number of aliphatic hydroxyl groups is 1. The van der Waals surface area contributed by atoms with Crippen LogP contribution in [-0.4, -0.2) is 66.1 Å². The second kappa shape index (κ2) is 7.38. The fourth-order valence-electron chi connectivity index (χ4n) is 2.55. The smallest absolute Gasteiger partial charge is 0.265 e. The predicted molar refractivity (Wildman–Crippen MR) is 82.2 cm³/mol. The van der Waals surface area contributed by atoms with Crippen LogP contribution in [0.2, 0.25) is 0 Å². The molecule has 22 heavy (non-hydrogen) atoms.